The van der Waals surface area contributed by atoms with E-state index in [0.717, 1.165) is 19.6 Å². The summed E-state index contributed by atoms with van der Waals surface area (Å²) < 4.78 is 0. The Kier molecular flexibility index (Phi) is 5.07. The first-order chi connectivity index (χ1) is 10.4. The second-order valence-corrected chi connectivity index (χ2v) is 6.86. The van der Waals surface area contributed by atoms with Crippen molar-refractivity contribution in [3.8, 4) is 0 Å². The van der Waals surface area contributed by atoms with Crippen LogP contribution in [0.5, 0.6) is 0 Å². The van der Waals surface area contributed by atoms with Crippen molar-refractivity contribution >= 4 is 11.3 Å². The largest absolute Gasteiger partial charge is 0.311 e. The molecule has 3 heteroatoms. The first kappa shape index (κ1) is 14.8. The summed E-state index contributed by atoms with van der Waals surface area (Å²) in [7, 11) is 0. The third-order valence-electron chi connectivity index (χ3n) is 4.26. The van der Waals surface area contributed by atoms with Crippen LogP contribution in [0.2, 0.25) is 0 Å². The Balaban J connectivity index is 1.77. The van der Waals surface area contributed by atoms with Gasteiger partial charge in [0.15, 0.2) is 0 Å². The van der Waals surface area contributed by atoms with Crippen LogP contribution in [0.25, 0.3) is 0 Å². The minimum atomic E-state index is 0.487. The van der Waals surface area contributed by atoms with Gasteiger partial charge in [0, 0.05) is 36.6 Å². The molecule has 2 nitrogen and oxygen atoms in total. The third kappa shape index (κ3) is 3.73. The predicted molar refractivity (Wildman–Crippen MR) is 90.6 cm³/mol. The number of thiophene rings is 1. The van der Waals surface area contributed by atoms with E-state index in [2.05, 4.69) is 65.0 Å². The normalized spacial score (nSPS) is 23.3. The molecule has 0 amide bonds. The summed E-state index contributed by atoms with van der Waals surface area (Å²) in [4.78, 5) is 4.12. The van der Waals surface area contributed by atoms with Crippen molar-refractivity contribution in [2.24, 2.45) is 0 Å². The van der Waals surface area contributed by atoms with Crippen LogP contribution >= 0.6 is 11.3 Å². The number of piperazine rings is 1. The topological polar surface area (TPSA) is 15.3 Å². The maximum atomic E-state index is 3.74. The van der Waals surface area contributed by atoms with Crippen LogP contribution in [0, 0.1) is 0 Å². The Morgan fingerprint density at radius 3 is 2.76 bits per heavy atom. The summed E-state index contributed by atoms with van der Waals surface area (Å²) in [5, 5.41) is 5.92. The Morgan fingerprint density at radius 2 is 2.05 bits per heavy atom. The quantitative estimate of drug-likeness (QED) is 0.895. The molecule has 21 heavy (non-hydrogen) atoms. The van der Waals surface area contributed by atoms with Gasteiger partial charge in [0.25, 0.3) is 0 Å². The SMILES string of the molecule is CCCC1CN(Cc2cccs2)C(c2ccccc2)CN1. The molecular weight excluding hydrogens is 276 g/mol. The van der Waals surface area contributed by atoms with E-state index < -0.39 is 0 Å². The van der Waals surface area contributed by atoms with Gasteiger partial charge in [-0.2, -0.15) is 0 Å². The predicted octanol–water partition coefficient (Wildman–Crippen LogP) is 4.06. The smallest absolute Gasteiger partial charge is 0.0477 e. The average molecular weight is 300 g/mol. The molecular formula is C18H24N2S. The standard InChI is InChI=1S/C18H24N2S/c1-2-7-16-13-20(14-17-10-6-11-21-17)18(12-19-16)15-8-4-3-5-9-15/h3-6,8-11,16,18-19H,2,7,12-14H2,1H3. The monoisotopic (exact) mass is 300 g/mol. The highest BCUT2D eigenvalue weighted by Gasteiger charge is 2.28. The van der Waals surface area contributed by atoms with Gasteiger partial charge in [0.2, 0.25) is 0 Å². The van der Waals surface area contributed by atoms with Crippen molar-refractivity contribution in [1.29, 1.82) is 0 Å². The summed E-state index contributed by atoms with van der Waals surface area (Å²) >= 11 is 1.87. The molecule has 2 heterocycles. The Morgan fingerprint density at radius 1 is 1.19 bits per heavy atom. The molecule has 0 radical (unpaired) electrons. The second-order valence-electron chi connectivity index (χ2n) is 5.83. The van der Waals surface area contributed by atoms with Crippen LogP contribution in [0.4, 0.5) is 0 Å². The lowest BCUT2D eigenvalue weighted by Gasteiger charge is -2.40. The van der Waals surface area contributed by atoms with Crippen LogP contribution in [0.15, 0.2) is 47.8 Å². The maximum Gasteiger partial charge on any atom is 0.0477 e. The van der Waals surface area contributed by atoms with Crippen molar-refractivity contribution in [1.82, 2.24) is 10.2 Å². The van der Waals surface area contributed by atoms with Gasteiger partial charge < -0.3 is 5.32 Å². The molecule has 2 aromatic rings. The minimum absolute atomic E-state index is 0.487. The van der Waals surface area contributed by atoms with Gasteiger partial charge >= 0.3 is 0 Å². The van der Waals surface area contributed by atoms with E-state index in [0.29, 0.717) is 12.1 Å². The Hall–Kier alpha value is -1.16. The lowest BCUT2D eigenvalue weighted by Crippen LogP contribution is -2.51. The first-order valence-electron chi connectivity index (χ1n) is 7.91. The first-order valence-corrected chi connectivity index (χ1v) is 8.79. The molecule has 2 atom stereocenters. The van der Waals surface area contributed by atoms with Crippen molar-refractivity contribution in [3.05, 3.63) is 58.3 Å². The van der Waals surface area contributed by atoms with Gasteiger partial charge in [-0.25, -0.2) is 0 Å². The summed E-state index contributed by atoms with van der Waals surface area (Å²) in [6, 6.07) is 16.4. The van der Waals surface area contributed by atoms with E-state index in [9.17, 15) is 0 Å². The fourth-order valence-electron chi connectivity index (χ4n) is 3.21. The highest BCUT2D eigenvalue weighted by molar-refractivity contribution is 7.09. The van der Waals surface area contributed by atoms with E-state index in [1.165, 1.54) is 23.3 Å². The van der Waals surface area contributed by atoms with Crippen molar-refractivity contribution in [2.75, 3.05) is 13.1 Å². The average Bonchev–Trinajstić information content (AvgIpc) is 3.02. The van der Waals surface area contributed by atoms with E-state index in [1.807, 2.05) is 11.3 Å². The third-order valence-corrected chi connectivity index (χ3v) is 5.12. The molecule has 2 unspecified atom stereocenters. The summed E-state index contributed by atoms with van der Waals surface area (Å²) in [5.41, 5.74) is 1.43. The van der Waals surface area contributed by atoms with Crippen LogP contribution in [0.1, 0.15) is 36.2 Å². The number of nitrogens with zero attached hydrogens (tertiary/aromatic N) is 1. The molecule has 0 aliphatic carbocycles. The van der Waals surface area contributed by atoms with Gasteiger partial charge in [-0.3, -0.25) is 4.90 Å². The van der Waals surface area contributed by atoms with Gasteiger partial charge in [-0.1, -0.05) is 49.7 Å². The van der Waals surface area contributed by atoms with Crippen molar-refractivity contribution in [2.45, 2.75) is 38.4 Å². The zero-order valence-corrected chi connectivity index (χ0v) is 13.5. The highest BCUT2D eigenvalue weighted by atomic mass is 32.1. The molecule has 1 saturated heterocycles. The molecule has 1 fully saturated rings. The number of rotatable bonds is 5. The number of hydrogen-bond donors (Lipinski definition) is 1. The van der Waals surface area contributed by atoms with Crippen LogP contribution in [-0.4, -0.2) is 24.0 Å². The zero-order valence-electron chi connectivity index (χ0n) is 12.7. The van der Waals surface area contributed by atoms with Crippen LogP contribution < -0.4 is 5.32 Å². The van der Waals surface area contributed by atoms with Gasteiger partial charge in [0.1, 0.15) is 0 Å². The molecule has 1 aliphatic heterocycles. The molecule has 0 bridgehead atoms. The van der Waals surface area contributed by atoms with Crippen molar-refractivity contribution < 1.29 is 0 Å². The number of nitrogens with one attached hydrogen (secondary N) is 1. The number of benzene rings is 1. The second kappa shape index (κ2) is 7.21. The van der Waals surface area contributed by atoms with Crippen LogP contribution in [0.3, 0.4) is 0 Å². The summed E-state index contributed by atoms with van der Waals surface area (Å²) in [5.74, 6) is 0. The maximum absolute atomic E-state index is 3.74. The van der Waals surface area contributed by atoms with E-state index in [1.54, 1.807) is 0 Å². The Bertz CT molecular complexity index is 523. The molecule has 1 N–H and O–H groups in total. The molecule has 1 aliphatic rings. The lowest BCUT2D eigenvalue weighted by atomic mass is 9.99. The van der Waals surface area contributed by atoms with Crippen LogP contribution in [-0.2, 0) is 6.54 Å². The van der Waals surface area contributed by atoms with Crippen molar-refractivity contribution in [3.63, 3.8) is 0 Å². The molecule has 0 spiro atoms. The summed E-state index contributed by atoms with van der Waals surface area (Å²) in [6.07, 6.45) is 2.52. The summed E-state index contributed by atoms with van der Waals surface area (Å²) in [6.45, 7) is 5.54. The van der Waals surface area contributed by atoms with E-state index >= 15 is 0 Å². The fraction of sp³-hybridized carbons (Fsp3) is 0.444. The van der Waals surface area contributed by atoms with E-state index in [-0.39, 0.29) is 0 Å². The highest BCUT2D eigenvalue weighted by Crippen LogP contribution is 2.27. The van der Waals surface area contributed by atoms with Gasteiger partial charge in [-0.05, 0) is 23.4 Å². The molecule has 0 saturated carbocycles. The fourth-order valence-corrected chi connectivity index (χ4v) is 3.93. The Labute approximate surface area is 131 Å². The minimum Gasteiger partial charge on any atom is -0.311 e. The lowest BCUT2D eigenvalue weighted by molar-refractivity contribution is 0.120. The van der Waals surface area contributed by atoms with Gasteiger partial charge in [0.05, 0.1) is 0 Å². The molecule has 1 aromatic heterocycles. The number of hydrogen-bond acceptors (Lipinski definition) is 3. The molecule has 3 rings (SSSR count). The zero-order chi connectivity index (χ0) is 14.5. The van der Waals surface area contributed by atoms with Gasteiger partial charge in [-0.15, -0.1) is 11.3 Å². The molecule has 112 valence electrons. The van der Waals surface area contributed by atoms with E-state index in [4.69, 9.17) is 0 Å². The molecule has 1 aromatic carbocycles.